The Bertz CT molecular complexity index is 512. The number of aliphatic imine (C=N–C) groups is 1. The summed E-state index contributed by atoms with van der Waals surface area (Å²) in [7, 11) is 0. The third kappa shape index (κ3) is 3.45. The minimum atomic E-state index is -1.50. The van der Waals surface area contributed by atoms with E-state index in [0.717, 1.165) is 0 Å². The zero-order valence-electron chi connectivity index (χ0n) is 10.9. The molecule has 8 nitrogen and oxygen atoms in total. The minimum Gasteiger partial charge on any atom is -0.462 e. The van der Waals surface area contributed by atoms with Crippen molar-refractivity contribution < 1.29 is 34.7 Å². The fourth-order valence-corrected chi connectivity index (χ4v) is 1.95. The Hall–Kier alpha value is -1.80. The van der Waals surface area contributed by atoms with Crippen LogP contribution in [0.1, 0.15) is 0 Å². The number of hydrogen-bond donors (Lipinski definition) is 4. The lowest BCUT2D eigenvalue weighted by Gasteiger charge is -2.39. The monoisotopic (exact) mass is 297 g/mol. The van der Waals surface area contributed by atoms with Crippen LogP contribution in [-0.4, -0.2) is 63.8 Å². The molecular formula is C13H15NO7. The summed E-state index contributed by atoms with van der Waals surface area (Å²) in [6.45, 7) is -0.530. The average molecular weight is 297 g/mol. The lowest BCUT2D eigenvalue weighted by Crippen LogP contribution is -2.60. The molecule has 1 aliphatic heterocycles. The highest BCUT2D eigenvalue weighted by molar-refractivity contribution is 5.50. The highest BCUT2D eigenvalue weighted by Gasteiger charge is 2.44. The van der Waals surface area contributed by atoms with Gasteiger partial charge in [-0.3, -0.25) is 0 Å². The smallest absolute Gasteiger partial charge is 0.240 e. The topological polar surface area (TPSA) is 129 Å². The van der Waals surface area contributed by atoms with E-state index >= 15 is 0 Å². The Morgan fingerprint density at radius 3 is 2.38 bits per heavy atom. The van der Waals surface area contributed by atoms with Crippen molar-refractivity contribution in [3.8, 4) is 5.75 Å². The van der Waals surface area contributed by atoms with Gasteiger partial charge in [0, 0.05) is 0 Å². The maximum Gasteiger partial charge on any atom is 0.240 e. The quantitative estimate of drug-likeness (QED) is 0.407. The summed E-state index contributed by atoms with van der Waals surface area (Å²) in [5, 5.41) is 38.1. The molecule has 1 fully saturated rings. The number of hydrogen-bond acceptors (Lipinski definition) is 8. The van der Waals surface area contributed by atoms with Crippen molar-refractivity contribution in [2.75, 3.05) is 6.61 Å². The molecule has 2 rings (SSSR count). The number of nitrogens with zero attached hydrogens (tertiary/aromatic N) is 1. The summed E-state index contributed by atoms with van der Waals surface area (Å²) in [6.07, 6.45) is -5.30. The highest BCUT2D eigenvalue weighted by Crippen LogP contribution is 2.25. The molecular weight excluding hydrogens is 282 g/mol. The van der Waals surface area contributed by atoms with Crippen LogP contribution in [0.5, 0.6) is 5.75 Å². The van der Waals surface area contributed by atoms with Crippen LogP contribution < -0.4 is 4.74 Å². The van der Waals surface area contributed by atoms with Gasteiger partial charge < -0.3 is 29.9 Å². The largest absolute Gasteiger partial charge is 0.462 e. The number of rotatable bonds is 4. The maximum absolute atomic E-state index is 10.1. The Kier molecular flexibility index (Phi) is 5.03. The molecule has 21 heavy (non-hydrogen) atoms. The van der Waals surface area contributed by atoms with Crippen LogP contribution in [0.25, 0.3) is 0 Å². The first-order chi connectivity index (χ1) is 10.1. The van der Waals surface area contributed by atoms with Crippen LogP contribution in [-0.2, 0) is 9.53 Å². The second kappa shape index (κ2) is 6.77. The first-order valence-electron chi connectivity index (χ1n) is 6.22. The molecule has 0 aliphatic carbocycles. The first kappa shape index (κ1) is 15.6. The van der Waals surface area contributed by atoms with Gasteiger partial charge in [0.15, 0.2) is 0 Å². The summed E-state index contributed by atoms with van der Waals surface area (Å²) < 4.78 is 10.6. The first-order valence-corrected chi connectivity index (χ1v) is 6.22. The van der Waals surface area contributed by atoms with Gasteiger partial charge in [0.25, 0.3) is 0 Å². The number of benzene rings is 1. The van der Waals surface area contributed by atoms with Gasteiger partial charge in [-0.1, -0.05) is 0 Å². The second-order valence-electron chi connectivity index (χ2n) is 4.51. The number of isocyanates is 1. The second-order valence-corrected chi connectivity index (χ2v) is 4.51. The number of aliphatic hydroxyl groups excluding tert-OH is 4. The lowest BCUT2D eigenvalue weighted by atomic mass is 9.99. The van der Waals surface area contributed by atoms with E-state index in [1.165, 1.54) is 30.3 Å². The molecule has 1 saturated heterocycles. The van der Waals surface area contributed by atoms with Crippen LogP contribution in [0.15, 0.2) is 29.3 Å². The van der Waals surface area contributed by atoms with Crippen molar-refractivity contribution in [2.24, 2.45) is 4.99 Å². The normalized spacial score (nSPS) is 32.3. The predicted molar refractivity (Wildman–Crippen MR) is 68.6 cm³/mol. The zero-order valence-corrected chi connectivity index (χ0v) is 10.9. The molecule has 0 saturated carbocycles. The Morgan fingerprint density at radius 2 is 1.81 bits per heavy atom. The molecule has 0 spiro atoms. The van der Waals surface area contributed by atoms with Crippen LogP contribution in [0.2, 0.25) is 0 Å². The van der Waals surface area contributed by atoms with E-state index in [1.54, 1.807) is 0 Å². The van der Waals surface area contributed by atoms with Crippen molar-refractivity contribution in [1.82, 2.24) is 0 Å². The molecule has 0 unspecified atom stereocenters. The molecule has 0 amide bonds. The van der Waals surface area contributed by atoms with Crippen LogP contribution in [0, 0.1) is 0 Å². The standard InChI is InChI=1S/C13H15NO7/c15-5-9-10(17)11(18)12(19)13(21-9)20-8-3-1-7(2-4-8)14-6-16/h1-4,9-13,15,17-19H,5H2/t9-,10+,11+,12-,13-/m1/s1. The lowest BCUT2D eigenvalue weighted by molar-refractivity contribution is -0.277. The predicted octanol–water partition coefficient (Wildman–Crippen LogP) is -1.17. The van der Waals surface area contributed by atoms with E-state index in [4.69, 9.17) is 14.6 Å². The van der Waals surface area contributed by atoms with Crippen LogP contribution in [0.4, 0.5) is 5.69 Å². The van der Waals surface area contributed by atoms with Crippen molar-refractivity contribution in [2.45, 2.75) is 30.7 Å². The summed E-state index contributed by atoms with van der Waals surface area (Å²) in [4.78, 5) is 13.5. The molecule has 1 heterocycles. The minimum absolute atomic E-state index is 0.296. The molecule has 4 N–H and O–H groups in total. The molecule has 1 aromatic rings. The van der Waals surface area contributed by atoms with Gasteiger partial charge in [-0.2, -0.15) is 4.99 Å². The molecule has 0 bridgehead atoms. The van der Waals surface area contributed by atoms with E-state index in [1.807, 2.05) is 0 Å². The Labute approximate surface area is 119 Å². The summed E-state index contributed by atoms with van der Waals surface area (Å²) >= 11 is 0. The van der Waals surface area contributed by atoms with Crippen molar-refractivity contribution in [1.29, 1.82) is 0 Å². The van der Waals surface area contributed by atoms with Gasteiger partial charge in [0.1, 0.15) is 30.2 Å². The van der Waals surface area contributed by atoms with Gasteiger partial charge in [-0.25, -0.2) is 4.79 Å². The molecule has 1 aliphatic rings. The van der Waals surface area contributed by atoms with Gasteiger partial charge in [-0.15, -0.1) is 0 Å². The molecule has 114 valence electrons. The summed E-state index contributed by atoms with van der Waals surface area (Å²) in [5.74, 6) is 0.296. The molecule has 8 heteroatoms. The number of carbonyl (C=O) groups excluding carboxylic acids is 1. The van der Waals surface area contributed by atoms with Crippen LogP contribution in [0.3, 0.4) is 0 Å². The molecule has 0 aromatic heterocycles. The van der Waals surface area contributed by atoms with E-state index in [2.05, 4.69) is 4.99 Å². The fourth-order valence-electron chi connectivity index (χ4n) is 1.95. The maximum atomic E-state index is 10.1. The highest BCUT2D eigenvalue weighted by atomic mass is 16.7. The van der Waals surface area contributed by atoms with Crippen molar-refractivity contribution in [3.05, 3.63) is 24.3 Å². The third-order valence-corrected chi connectivity index (χ3v) is 3.11. The average Bonchev–Trinajstić information content (AvgIpc) is 2.50. The molecule has 0 radical (unpaired) electrons. The number of ether oxygens (including phenoxy) is 2. The van der Waals surface area contributed by atoms with E-state index in [9.17, 15) is 20.1 Å². The Balaban J connectivity index is 2.08. The van der Waals surface area contributed by atoms with Gasteiger partial charge in [0.2, 0.25) is 12.4 Å². The summed E-state index contributed by atoms with van der Waals surface area (Å²) in [6, 6.07) is 5.95. The van der Waals surface area contributed by atoms with E-state index in [0.29, 0.717) is 11.4 Å². The van der Waals surface area contributed by atoms with E-state index in [-0.39, 0.29) is 0 Å². The third-order valence-electron chi connectivity index (χ3n) is 3.11. The van der Waals surface area contributed by atoms with Gasteiger partial charge in [-0.05, 0) is 24.3 Å². The summed E-state index contributed by atoms with van der Waals surface area (Å²) in [5.41, 5.74) is 0.381. The molecule has 5 atom stereocenters. The fraction of sp³-hybridized carbons (Fsp3) is 0.462. The zero-order chi connectivity index (χ0) is 15.4. The number of aliphatic hydroxyl groups is 4. The SMILES string of the molecule is O=C=Nc1ccc(O[C@@H]2O[C@H](CO)[C@H](O)[C@H](O)[C@H]2O)cc1. The van der Waals surface area contributed by atoms with Crippen molar-refractivity contribution in [3.63, 3.8) is 0 Å². The van der Waals surface area contributed by atoms with Gasteiger partial charge in [0.05, 0.1) is 12.3 Å². The molecule has 1 aromatic carbocycles. The van der Waals surface area contributed by atoms with E-state index < -0.39 is 37.3 Å². The Morgan fingerprint density at radius 1 is 1.14 bits per heavy atom. The van der Waals surface area contributed by atoms with Gasteiger partial charge >= 0.3 is 0 Å². The van der Waals surface area contributed by atoms with Crippen molar-refractivity contribution >= 4 is 11.8 Å². The van der Waals surface area contributed by atoms with Crippen LogP contribution >= 0.6 is 0 Å².